The van der Waals surface area contributed by atoms with Gasteiger partial charge in [-0.3, -0.25) is 9.59 Å². The molecular formula is C19H28N2O2. The number of likely N-dealkylation sites (tertiary alicyclic amines) is 1. The third-order valence-corrected chi connectivity index (χ3v) is 4.77. The molecule has 1 aromatic rings. The lowest BCUT2D eigenvalue weighted by molar-refractivity contribution is -0.134. The fraction of sp³-hybridized carbons (Fsp3) is 0.579. The third kappa shape index (κ3) is 4.12. The number of aryl methyl sites for hydroxylation is 2. The quantitative estimate of drug-likeness (QED) is 0.905. The highest BCUT2D eigenvalue weighted by Gasteiger charge is 2.27. The number of carbonyl (C=O) groups excluding carboxylic acids is 2. The van der Waals surface area contributed by atoms with Crippen LogP contribution in [0.4, 0.5) is 5.69 Å². The van der Waals surface area contributed by atoms with E-state index in [0.717, 1.165) is 31.4 Å². The minimum atomic E-state index is 0.00512. The average Bonchev–Trinajstić information content (AvgIpc) is 2.61. The summed E-state index contributed by atoms with van der Waals surface area (Å²) in [5, 5.41) is 3.17. The van der Waals surface area contributed by atoms with Crippen LogP contribution >= 0.6 is 0 Å². The van der Waals surface area contributed by atoms with Crippen LogP contribution in [0.1, 0.15) is 51.2 Å². The highest BCUT2D eigenvalue weighted by atomic mass is 16.2. The molecule has 1 fully saturated rings. The topological polar surface area (TPSA) is 49.4 Å². The summed E-state index contributed by atoms with van der Waals surface area (Å²) in [7, 11) is 0. The van der Waals surface area contributed by atoms with E-state index in [1.54, 1.807) is 0 Å². The Morgan fingerprint density at radius 2 is 1.65 bits per heavy atom. The molecule has 2 rings (SSSR count). The first kappa shape index (κ1) is 17.5. The molecule has 0 unspecified atom stereocenters. The molecule has 1 aliphatic rings. The van der Waals surface area contributed by atoms with Crippen molar-refractivity contribution in [2.24, 2.45) is 5.92 Å². The first-order valence-electron chi connectivity index (χ1n) is 8.80. The zero-order chi connectivity index (χ0) is 16.8. The maximum Gasteiger partial charge on any atom is 0.227 e. The van der Waals surface area contributed by atoms with E-state index in [-0.39, 0.29) is 17.7 Å². The summed E-state index contributed by atoms with van der Waals surface area (Å²) in [5.74, 6) is 0.295. The van der Waals surface area contributed by atoms with Gasteiger partial charge >= 0.3 is 0 Å². The fourth-order valence-corrected chi connectivity index (χ4v) is 3.24. The smallest absolute Gasteiger partial charge is 0.227 e. The van der Waals surface area contributed by atoms with E-state index in [9.17, 15) is 9.59 Å². The van der Waals surface area contributed by atoms with E-state index < -0.39 is 0 Å². The SMILES string of the molecule is CCC(=O)N1CCC(C(=O)Nc2c(CC)cccc2CC)CC1. The van der Waals surface area contributed by atoms with Gasteiger partial charge in [0.15, 0.2) is 0 Å². The zero-order valence-corrected chi connectivity index (χ0v) is 14.5. The zero-order valence-electron chi connectivity index (χ0n) is 14.5. The van der Waals surface area contributed by atoms with E-state index in [4.69, 9.17) is 0 Å². The Morgan fingerprint density at radius 1 is 1.09 bits per heavy atom. The van der Waals surface area contributed by atoms with Gasteiger partial charge in [-0.15, -0.1) is 0 Å². The van der Waals surface area contributed by atoms with E-state index in [2.05, 4.69) is 37.4 Å². The molecule has 4 heteroatoms. The van der Waals surface area contributed by atoms with Crippen molar-refractivity contribution in [1.82, 2.24) is 4.90 Å². The van der Waals surface area contributed by atoms with Crippen molar-refractivity contribution < 1.29 is 9.59 Å². The Hall–Kier alpha value is -1.84. The minimum Gasteiger partial charge on any atom is -0.343 e. The molecule has 0 saturated carbocycles. The van der Waals surface area contributed by atoms with Crippen molar-refractivity contribution in [1.29, 1.82) is 0 Å². The molecule has 23 heavy (non-hydrogen) atoms. The van der Waals surface area contributed by atoms with Gasteiger partial charge in [0, 0.05) is 31.1 Å². The van der Waals surface area contributed by atoms with Crippen LogP contribution in [0.25, 0.3) is 0 Å². The monoisotopic (exact) mass is 316 g/mol. The molecular weight excluding hydrogens is 288 g/mol. The Labute approximate surface area is 139 Å². The highest BCUT2D eigenvalue weighted by molar-refractivity contribution is 5.94. The van der Waals surface area contributed by atoms with Crippen LogP contribution in [0.15, 0.2) is 18.2 Å². The highest BCUT2D eigenvalue weighted by Crippen LogP contribution is 2.25. The van der Waals surface area contributed by atoms with E-state index in [0.29, 0.717) is 19.5 Å². The number of hydrogen-bond donors (Lipinski definition) is 1. The van der Waals surface area contributed by atoms with Gasteiger partial charge in [-0.25, -0.2) is 0 Å². The second kappa shape index (κ2) is 8.14. The number of nitrogens with one attached hydrogen (secondary N) is 1. The van der Waals surface area contributed by atoms with E-state index in [1.807, 2.05) is 11.8 Å². The molecule has 0 aromatic heterocycles. The van der Waals surface area contributed by atoms with Crippen molar-refractivity contribution in [3.05, 3.63) is 29.3 Å². The van der Waals surface area contributed by atoms with Crippen molar-refractivity contribution in [2.45, 2.75) is 52.9 Å². The lowest BCUT2D eigenvalue weighted by Gasteiger charge is -2.31. The predicted molar refractivity (Wildman–Crippen MR) is 93.4 cm³/mol. The van der Waals surface area contributed by atoms with Crippen LogP contribution in [-0.2, 0) is 22.4 Å². The largest absolute Gasteiger partial charge is 0.343 e. The van der Waals surface area contributed by atoms with Crippen molar-refractivity contribution in [3.63, 3.8) is 0 Å². The number of hydrogen-bond acceptors (Lipinski definition) is 2. The van der Waals surface area contributed by atoms with Crippen molar-refractivity contribution in [3.8, 4) is 0 Å². The fourth-order valence-electron chi connectivity index (χ4n) is 3.24. The molecule has 1 heterocycles. The lowest BCUT2D eigenvalue weighted by Crippen LogP contribution is -2.41. The third-order valence-electron chi connectivity index (χ3n) is 4.77. The molecule has 0 aliphatic carbocycles. The molecule has 0 bridgehead atoms. The van der Waals surface area contributed by atoms with Gasteiger partial charge in [0.2, 0.25) is 11.8 Å². The Bertz CT molecular complexity index is 538. The summed E-state index contributed by atoms with van der Waals surface area (Å²) in [4.78, 5) is 26.2. The molecule has 1 saturated heterocycles. The van der Waals surface area contributed by atoms with Gasteiger partial charge in [-0.2, -0.15) is 0 Å². The van der Waals surface area contributed by atoms with Crippen LogP contribution in [0, 0.1) is 5.92 Å². The number of amides is 2. The number of piperidine rings is 1. The van der Waals surface area contributed by atoms with Gasteiger partial charge in [0.05, 0.1) is 0 Å². The van der Waals surface area contributed by atoms with Crippen LogP contribution < -0.4 is 5.32 Å². The summed E-state index contributed by atoms with van der Waals surface area (Å²) in [5.41, 5.74) is 3.38. The minimum absolute atomic E-state index is 0.00512. The van der Waals surface area contributed by atoms with Gasteiger partial charge in [-0.1, -0.05) is 39.0 Å². The maximum atomic E-state index is 12.6. The summed E-state index contributed by atoms with van der Waals surface area (Å²) >= 11 is 0. The van der Waals surface area contributed by atoms with Crippen LogP contribution in [0.2, 0.25) is 0 Å². The van der Waals surface area contributed by atoms with Gasteiger partial charge in [0.1, 0.15) is 0 Å². The average molecular weight is 316 g/mol. The first-order chi connectivity index (χ1) is 11.1. The van der Waals surface area contributed by atoms with Gasteiger partial charge in [0.25, 0.3) is 0 Å². The summed E-state index contributed by atoms with van der Waals surface area (Å²) in [6, 6.07) is 6.22. The molecule has 1 aromatic carbocycles. The van der Waals surface area contributed by atoms with Gasteiger partial charge in [-0.05, 0) is 36.8 Å². The number of anilines is 1. The number of carbonyl (C=O) groups is 2. The number of rotatable bonds is 5. The molecule has 0 atom stereocenters. The number of benzene rings is 1. The van der Waals surface area contributed by atoms with Gasteiger partial charge < -0.3 is 10.2 Å². The molecule has 1 N–H and O–H groups in total. The Balaban J connectivity index is 2.02. The van der Waals surface area contributed by atoms with E-state index in [1.165, 1.54) is 11.1 Å². The molecule has 2 amide bonds. The van der Waals surface area contributed by atoms with E-state index >= 15 is 0 Å². The molecule has 0 spiro atoms. The summed E-state index contributed by atoms with van der Waals surface area (Å²) in [6.07, 6.45) is 3.88. The molecule has 4 nitrogen and oxygen atoms in total. The van der Waals surface area contributed by atoms with Crippen LogP contribution in [0.3, 0.4) is 0 Å². The second-order valence-corrected chi connectivity index (χ2v) is 6.16. The first-order valence-corrected chi connectivity index (χ1v) is 8.80. The summed E-state index contributed by atoms with van der Waals surface area (Å²) < 4.78 is 0. The normalized spacial score (nSPS) is 15.5. The summed E-state index contributed by atoms with van der Waals surface area (Å²) in [6.45, 7) is 7.50. The molecule has 126 valence electrons. The van der Waals surface area contributed by atoms with Crippen LogP contribution in [0.5, 0.6) is 0 Å². The van der Waals surface area contributed by atoms with Crippen molar-refractivity contribution in [2.75, 3.05) is 18.4 Å². The Morgan fingerprint density at radius 3 is 2.13 bits per heavy atom. The number of para-hydroxylation sites is 1. The maximum absolute atomic E-state index is 12.6. The molecule has 1 aliphatic heterocycles. The lowest BCUT2D eigenvalue weighted by atomic mass is 9.94. The second-order valence-electron chi connectivity index (χ2n) is 6.16. The van der Waals surface area contributed by atoms with Crippen LogP contribution in [-0.4, -0.2) is 29.8 Å². The number of nitrogens with zero attached hydrogens (tertiary/aromatic N) is 1. The Kier molecular flexibility index (Phi) is 6.20. The molecule has 0 radical (unpaired) electrons. The van der Waals surface area contributed by atoms with Crippen molar-refractivity contribution >= 4 is 17.5 Å². The standard InChI is InChI=1S/C19H28N2O2/c1-4-14-8-7-9-15(5-2)18(14)20-19(23)16-10-12-21(13-11-16)17(22)6-3/h7-9,16H,4-6,10-13H2,1-3H3,(H,20,23). The predicted octanol–water partition coefficient (Wildman–Crippen LogP) is 3.40.